The number of hydrogen-bond acceptors (Lipinski definition) is 2. The van der Waals surface area contributed by atoms with Crippen molar-refractivity contribution >= 4 is 0 Å². The van der Waals surface area contributed by atoms with Crippen molar-refractivity contribution in [1.82, 2.24) is 5.43 Å². The van der Waals surface area contributed by atoms with Gasteiger partial charge in [0.1, 0.15) is 0 Å². The van der Waals surface area contributed by atoms with Gasteiger partial charge in [-0.25, -0.2) is 0 Å². The Morgan fingerprint density at radius 3 is 2.43 bits per heavy atom. The lowest BCUT2D eigenvalue weighted by atomic mass is 9.94. The van der Waals surface area contributed by atoms with Gasteiger partial charge in [0.05, 0.1) is 11.6 Å². The van der Waals surface area contributed by atoms with E-state index < -0.39 is 17.8 Å². The Labute approximate surface area is 121 Å². The molecule has 2 aromatic carbocycles. The van der Waals surface area contributed by atoms with E-state index in [0.717, 1.165) is 17.2 Å². The summed E-state index contributed by atoms with van der Waals surface area (Å²) in [4.78, 5) is 0. The molecule has 5 heteroatoms. The predicted octanol–water partition coefficient (Wildman–Crippen LogP) is 3.76. The maximum Gasteiger partial charge on any atom is 0.416 e. The molecule has 3 N–H and O–H groups in total. The first-order chi connectivity index (χ1) is 9.91. The van der Waals surface area contributed by atoms with E-state index in [1.54, 1.807) is 6.07 Å². The molecular formula is C16H17F3N2. The van der Waals surface area contributed by atoms with Crippen LogP contribution < -0.4 is 11.3 Å². The van der Waals surface area contributed by atoms with E-state index in [1.165, 1.54) is 12.1 Å². The molecule has 0 aliphatic carbocycles. The van der Waals surface area contributed by atoms with Crippen LogP contribution in [0.2, 0.25) is 0 Å². The molecule has 0 aliphatic heterocycles. The zero-order valence-corrected chi connectivity index (χ0v) is 11.6. The standard InChI is InChI=1S/C16H17F3N2/c1-11-5-4-6-12(9-11)10-15(21-20)13-7-2-3-8-14(13)16(17,18)19/h2-9,15,21H,10,20H2,1H3. The third-order valence-corrected chi connectivity index (χ3v) is 3.37. The highest BCUT2D eigenvalue weighted by Crippen LogP contribution is 2.35. The van der Waals surface area contributed by atoms with Gasteiger partial charge in [-0.3, -0.25) is 11.3 Å². The number of benzene rings is 2. The van der Waals surface area contributed by atoms with Crippen LogP contribution in [0, 0.1) is 6.92 Å². The fraction of sp³-hybridized carbons (Fsp3) is 0.250. The molecule has 1 unspecified atom stereocenters. The molecule has 0 heterocycles. The molecule has 112 valence electrons. The third kappa shape index (κ3) is 3.83. The first kappa shape index (κ1) is 15.5. The van der Waals surface area contributed by atoms with Crippen molar-refractivity contribution in [2.45, 2.75) is 25.6 Å². The van der Waals surface area contributed by atoms with Crippen molar-refractivity contribution in [3.63, 3.8) is 0 Å². The summed E-state index contributed by atoms with van der Waals surface area (Å²) in [7, 11) is 0. The number of alkyl halides is 3. The van der Waals surface area contributed by atoms with Gasteiger partial charge in [0, 0.05) is 0 Å². The van der Waals surface area contributed by atoms with Gasteiger partial charge in [0.25, 0.3) is 0 Å². The van der Waals surface area contributed by atoms with Crippen LogP contribution in [0.15, 0.2) is 48.5 Å². The number of rotatable bonds is 4. The van der Waals surface area contributed by atoms with Crippen molar-refractivity contribution in [3.8, 4) is 0 Å². The summed E-state index contributed by atoms with van der Waals surface area (Å²) in [5.74, 6) is 5.49. The Kier molecular flexibility index (Phi) is 4.65. The van der Waals surface area contributed by atoms with Crippen molar-refractivity contribution in [2.75, 3.05) is 0 Å². The SMILES string of the molecule is Cc1cccc(CC(NN)c2ccccc2C(F)(F)F)c1. The summed E-state index contributed by atoms with van der Waals surface area (Å²) in [5.41, 5.74) is 4.01. The zero-order valence-electron chi connectivity index (χ0n) is 11.6. The van der Waals surface area contributed by atoms with E-state index in [1.807, 2.05) is 31.2 Å². The van der Waals surface area contributed by atoms with Crippen molar-refractivity contribution in [3.05, 3.63) is 70.8 Å². The van der Waals surface area contributed by atoms with E-state index in [9.17, 15) is 13.2 Å². The predicted molar refractivity (Wildman–Crippen MR) is 76.4 cm³/mol. The Bertz CT molecular complexity index is 608. The molecule has 0 fully saturated rings. The van der Waals surface area contributed by atoms with Crippen molar-refractivity contribution in [2.24, 2.45) is 5.84 Å². The minimum Gasteiger partial charge on any atom is -0.271 e. The van der Waals surface area contributed by atoms with Gasteiger partial charge in [-0.1, -0.05) is 48.0 Å². The molecule has 0 saturated carbocycles. The number of hydrogen-bond donors (Lipinski definition) is 2. The molecule has 0 radical (unpaired) electrons. The quantitative estimate of drug-likeness (QED) is 0.665. The number of aryl methyl sites for hydroxylation is 1. The van der Waals surface area contributed by atoms with Gasteiger partial charge in [0.2, 0.25) is 0 Å². The molecule has 0 saturated heterocycles. The van der Waals surface area contributed by atoms with Crippen LogP contribution in [-0.2, 0) is 12.6 Å². The Morgan fingerprint density at radius 1 is 1.10 bits per heavy atom. The van der Waals surface area contributed by atoms with Crippen LogP contribution in [-0.4, -0.2) is 0 Å². The molecular weight excluding hydrogens is 277 g/mol. The topological polar surface area (TPSA) is 38.0 Å². The maximum absolute atomic E-state index is 13.1. The molecule has 0 aliphatic rings. The first-order valence-corrected chi connectivity index (χ1v) is 6.59. The molecule has 1 atom stereocenters. The minimum absolute atomic E-state index is 0.161. The Hall–Kier alpha value is -1.85. The van der Waals surface area contributed by atoms with E-state index in [-0.39, 0.29) is 5.56 Å². The van der Waals surface area contributed by atoms with Crippen LogP contribution in [0.25, 0.3) is 0 Å². The largest absolute Gasteiger partial charge is 0.416 e. The van der Waals surface area contributed by atoms with E-state index in [2.05, 4.69) is 5.43 Å². The monoisotopic (exact) mass is 294 g/mol. The lowest BCUT2D eigenvalue weighted by molar-refractivity contribution is -0.138. The lowest BCUT2D eigenvalue weighted by Crippen LogP contribution is -2.31. The van der Waals surface area contributed by atoms with E-state index >= 15 is 0 Å². The fourth-order valence-electron chi connectivity index (χ4n) is 2.39. The van der Waals surface area contributed by atoms with E-state index in [4.69, 9.17) is 5.84 Å². The van der Waals surface area contributed by atoms with Gasteiger partial charge in [0.15, 0.2) is 0 Å². The van der Waals surface area contributed by atoms with Crippen molar-refractivity contribution < 1.29 is 13.2 Å². The smallest absolute Gasteiger partial charge is 0.271 e. The van der Waals surface area contributed by atoms with Crippen molar-refractivity contribution in [1.29, 1.82) is 0 Å². The molecule has 0 amide bonds. The summed E-state index contributed by atoms with van der Waals surface area (Å²) < 4.78 is 39.2. The fourth-order valence-corrected chi connectivity index (χ4v) is 2.39. The molecule has 2 rings (SSSR count). The highest BCUT2D eigenvalue weighted by Gasteiger charge is 2.34. The summed E-state index contributed by atoms with van der Waals surface area (Å²) in [6.45, 7) is 1.94. The second kappa shape index (κ2) is 6.28. The Morgan fingerprint density at radius 2 is 1.81 bits per heavy atom. The van der Waals surface area contributed by atoms with Gasteiger partial charge >= 0.3 is 6.18 Å². The van der Waals surface area contributed by atoms with Crippen LogP contribution in [0.4, 0.5) is 13.2 Å². The first-order valence-electron chi connectivity index (χ1n) is 6.59. The third-order valence-electron chi connectivity index (χ3n) is 3.37. The van der Waals surface area contributed by atoms with Crippen LogP contribution in [0.1, 0.15) is 28.3 Å². The van der Waals surface area contributed by atoms with Gasteiger partial charge in [-0.15, -0.1) is 0 Å². The molecule has 2 nitrogen and oxygen atoms in total. The minimum atomic E-state index is -4.39. The molecule has 0 spiro atoms. The van der Waals surface area contributed by atoms with E-state index in [0.29, 0.717) is 6.42 Å². The number of hydrazine groups is 1. The summed E-state index contributed by atoms with van der Waals surface area (Å²) >= 11 is 0. The zero-order chi connectivity index (χ0) is 15.5. The second-order valence-electron chi connectivity index (χ2n) is 5.00. The summed E-state index contributed by atoms with van der Waals surface area (Å²) in [6, 6.07) is 12.6. The highest BCUT2D eigenvalue weighted by molar-refractivity contribution is 5.34. The molecule has 0 aromatic heterocycles. The Balaban J connectivity index is 2.34. The van der Waals surface area contributed by atoms with Gasteiger partial charge in [-0.2, -0.15) is 13.2 Å². The maximum atomic E-state index is 13.1. The summed E-state index contributed by atoms with van der Waals surface area (Å²) in [5, 5.41) is 0. The highest BCUT2D eigenvalue weighted by atomic mass is 19.4. The number of halogens is 3. The van der Waals surface area contributed by atoms with Crippen LogP contribution in [0.5, 0.6) is 0 Å². The number of nitrogens with one attached hydrogen (secondary N) is 1. The molecule has 2 aromatic rings. The average molecular weight is 294 g/mol. The second-order valence-corrected chi connectivity index (χ2v) is 5.00. The normalized spacial score (nSPS) is 13.2. The average Bonchev–Trinajstić information content (AvgIpc) is 2.44. The van der Waals surface area contributed by atoms with Crippen LogP contribution in [0.3, 0.4) is 0 Å². The van der Waals surface area contributed by atoms with Gasteiger partial charge < -0.3 is 0 Å². The lowest BCUT2D eigenvalue weighted by Gasteiger charge is -2.21. The molecule has 0 bridgehead atoms. The molecule has 21 heavy (non-hydrogen) atoms. The number of nitrogens with two attached hydrogens (primary N) is 1. The van der Waals surface area contributed by atoms with Gasteiger partial charge in [-0.05, 0) is 30.5 Å². The van der Waals surface area contributed by atoms with Crippen LogP contribution >= 0.6 is 0 Å². The summed E-state index contributed by atoms with van der Waals surface area (Å²) in [6.07, 6.45) is -4.00.